The molecule has 5 aromatic rings. The molecular formula is C26H19F2N5O2. The number of nitrogens with zero attached hydrogens (tertiary/aromatic N) is 3. The van der Waals surface area contributed by atoms with Crippen molar-refractivity contribution in [3.8, 4) is 11.3 Å². The van der Waals surface area contributed by atoms with E-state index in [0.717, 1.165) is 34.3 Å². The summed E-state index contributed by atoms with van der Waals surface area (Å²) in [5.74, 6) is -2.49. The molecule has 1 amide bonds. The van der Waals surface area contributed by atoms with Crippen molar-refractivity contribution in [3.63, 3.8) is 0 Å². The first-order valence-electron chi connectivity index (χ1n) is 10.8. The van der Waals surface area contributed by atoms with Crippen LogP contribution in [0.4, 0.5) is 8.78 Å². The Balaban J connectivity index is 1.32. The number of halogens is 2. The smallest absolute Gasteiger partial charge is 0.263 e. The van der Waals surface area contributed by atoms with Gasteiger partial charge in [0.1, 0.15) is 5.56 Å². The lowest BCUT2D eigenvalue weighted by Crippen LogP contribution is -2.32. The van der Waals surface area contributed by atoms with Crippen molar-refractivity contribution in [1.82, 2.24) is 25.1 Å². The Labute approximate surface area is 198 Å². The Morgan fingerprint density at radius 1 is 0.971 bits per heavy atom. The van der Waals surface area contributed by atoms with Crippen LogP contribution in [0.15, 0.2) is 83.9 Å². The third kappa shape index (κ3) is 4.56. The average molecular weight is 471 g/mol. The fourth-order valence-electron chi connectivity index (χ4n) is 3.85. The molecule has 5 rings (SSSR count). The summed E-state index contributed by atoms with van der Waals surface area (Å²) in [6.45, 7) is 0.209. The Bertz CT molecular complexity index is 1610. The zero-order valence-electron chi connectivity index (χ0n) is 18.3. The molecule has 0 spiro atoms. The zero-order chi connectivity index (χ0) is 24.4. The molecule has 0 bridgehead atoms. The van der Waals surface area contributed by atoms with Crippen molar-refractivity contribution in [2.45, 2.75) is 13.1 Å². The molecule has 174 valence electrons. The standard InChI is InChI=1S/C26H19F2N5O2/c27-21-9-8-17(13-22(21)28)15-33-11-3-7-20(26(33)35)25(34)30-14-16-4-1-5-18(12-16)23-19-6-2-10-29-24(19)32-31-23/h1-13H,14-15H2,(H,30,34)(H,29,31,32). The molecule has 0 unspecified atom stereocenters. The highest BCUT2D eigenvalue weighted by atomic mass is 19.2. The summed E-state index contributed by atoms with van der Waals surface area (Å²) < 4.78 is 28.0. The minimum atomic E-state index is -0.994. The summed E-state index contributed by atoms with van der Waals surface area (Å²) in [4.78, 5) is 29.8. The lowest BCUT2D eigenvalue weighted by atomic mass is 10.1. The highest BCUT2D eigenvalue weighted by molar-refractivity contribution is 5.94. The minimum Gasteiger partial charge on any atom is -0.348 e. The maximum Gasteiger partial charge on any atom is 0.263 e. The molecule has 9 heteroatoms. The van der Waals surface area contributed by atoms with Crippen LogP contribution in [0.5, 0.6) is 0 Å². The summed E-state index contributed by atoms with van der Waals surface area (Å²) in [7, 11) is 0. The minimum absolute atomic E-state index is 0.00615. The number of aromatic nitrogens is 4. The highest BCUT2D eigenvalue weighted by Crippen LogP contribution is 2.25. The third-order valence-electron chi connectivity index (χ3n) is 5.60. The zero-order valence-corrected chi connectivity index (χ0v) is 18.3. The molecule has 7 nitrogen and oxygen atoms in total. The van der Waals surface area contributed by atoms with Crippen molar-refractivity contribution in [2.75, 3.05) is 0 Å². The van der Waals surface area contributed by atoms with Crippen LogP contribution in [0.3, 0.4) is 0 Å². The number of aromatic amines is 1. The van der Waals surface area contributed by atoms with E-state index < -0.39 is 23.1 Å². The number of benzene rings is 2. The van der Waals surface area contributed by atoms with Gasteiger partial charge in [-0.3, -0.25) is 14.7 Å². The molecule has 2 aromatic carbocycles. The number of amides is 1. The van der Waals surface area contributed by atoms with E-state index in [-0.39, 0.29) is 18.7 Å². The predicted molar refractivity (Wildman–Crippen MR) is 127 cm³/mol. The van der Waals surface area contributed by atoms with Gasteiger partial charge in [-0.1, -0.05) is 24.3 Å². The molecule has 0 fully saturated rings. The van der Waals surface area contributed by atoms with E-state index in [1.165, 1.54) is 22.9 Å². The largest absolute Gasteiger partial charge is 0.348 e. The number of fused-ring (bicyclic) bond motifs is 1. The molecule has 2 N–H and O–H groups in total. The van der Waals surface area contributed by atoms with Crippen molar-refractivity contribution in [1.29, 1.82) is 0 Å². The van der Waals surface area contributed by atoms with Crippen LogP contribution in [0, 0.1) is 11.6 Å². The van der Waals surface area contributed by atoms with Gasteiger partial charge in [0.2, 0.25) is 0 Å². The average Bonchev–Trinajstić information content (AvgIpc) is 3.30. The Kier molecular flexibility index (Phi) is 5.88. The number of carbonyl (C=O) groups excluding carboxylic acids is 1. The normalized spacial score (nSPS) is 11.0. The molecule has 0 aliphatic rings. The number of rotatable bonds is 6. The lowest BCUT2D eigenvalue weighted by molar-refractivity contribution is 0.0949. The van der Waals surface area contributed by atoms with Crippen LogP contribution in [-0.4, -0.2) is 25.7 Å². The van der Waals surface area contributed by atoms with Gasteiger partial charge < -0.3 is 9.88 Å². The van der Waals surface area contributed by atoms with Gasteiger partial charge in [-0.2, -0.15) is 5.10 Å². The number of nitrogens with one attached hydrogen (secondary N) is 2. The first kappa shape index (κ1) is 22.1. The highest BCUT2D eigenvalue weighted by Gasteiger charge is 2.14. The summed E-state index contributed by atoms with van der Waals surface area (Å²) >= 11 is 0. The summed E-state index contributed by atoms with van der Waals surface area (Å²) in [5.41, 5.74) is 2.99. The second kappa shape index (κ2) is 9.30. The van der Waals surface area contributed by atoms with Crippen molar-refractivity contribution >= 4 is 16.9 Å². The van der Waals surface area contributed by atoms with E-state index in [2.05, 4.69) is 20.5 Å². The van der Waals surface area contributed by atoms with Crippen molar-refractivity contribution in [3.05, 3.63) is 118 Å². The lowest BCUT2D eigenvalue weighted by Gasteiger charge is -2.10. The van der Waals surface area contributed by atoms with E-state index in [4.69, 9.17) is 0 Å². The third-order valence-corrected chi connectivity index (χ3v) is 5.60. The van der Waals surface area contributed by atoms with Gasteiger partial charge in [-0.25, -0.2) is 13.8 Å². The van der Waals surface area contributed by atoms with Gasteiger partial charge in [-0.05, 0) is 53.6 Å². The van der Waals surface area contributed by atoms with Gasteiger partial charge in [0.15, 0.2) is 17.3 Å². The van der Waals surface area contributed by atoms with Crippen LogP contribution in [0.2, 0.25) is 0 Å². The van der Waals surface area contributed by atoms with E-state index in [0.29, 0.717) is 11.2 Å². The number of H-pyrrole nitrogens is 1. The van der Waals surface area contributed by atoms with Gasteiger partial charge in [0.05, 0.1) is 12.2 Å². The predicted octanol–water partition coefficient (Wildman–Crippen LogP) is 4.04. The van der Waals surface area contributed by atoms with Crippen LogP contribution in [0.1, 0.15) is 21.5 Å². The fraction of sp³-hybridized carbons (Fsp3) is 0.0769. The van der Waals surface area contributed by atoms with Crippen LogP contribution in [0.25, 0.3) is 22.3 Å². The first-order chi connectivity index (χ1) is 17.0. The van der Waals surface area contributed by atoms with E-state index in [1.54, 1.807) is 12.3 Å². The van der Waals surface area contributed by atoms with Crippen molar-refractivity contribution < 1.29 is 13.6 Å². The number of hydrogen-bond donors (Lipinski definition) is 2. The van der Waals surface area contributed by atoms with Gasteiger partial charge in [0.25, 0.3) is 11.5 Å². The SMILES string of the molecule is O=C(NCc1cccc(-c2[nH]nc3ncccc23)c1)c1cccn(Cc2ccc(F)c(F)c2)c1=O. The monoisotopic (exact) mass is 471 g/mol. The summed E-state index contributed by atoms with van der Waals surface area (Å²) in [6.07, 6.45) is 3.17. The molecule has 0 aliphatic carbocycles. The van der Waals surface area contributed by atoms with Crippen LogP contribution < -0.4 is 10.9 Å². The van der Waals surface area contributed by atoms with Crippen LogP contribution in [-0.2, 0) is 13.1 Å². The molecule has 35 heavy (non-hydrogen) atoms. The molecule has 0 atom stereocenters. The van der Waals surface area contributed by atoms with Crippen LogP contribution >= 0.6 is 0 Å². The van der Waals surface area contributed by atoms with E-state index in [9.17, 15) is 18.4 Å². The second-order valence-electron chi connectivity index (χ2n) is 7.96. The topological polar surface area (TPSA) is 92.7 Å². The van der Waals surface area contributed by atoms with E-state index >= 15 is 0 Å². The van der Waals surface area contributed by atoms with Gasteiger partial charge >= 0.3 is 0 Å². The molecule has 0 aliphatic heterocycles. The fourth-order valence-corrected chi connectivity index (χ4v) is 3.85. The number of pyridine rings is 2. The van der Waals surface area contributed by atoms with Crippen molar-refractivity contribution in [2.24, 2.45) is 0 Å². The van der Waals surface area contributed by atoms with Gasteiger partial charge in [0, 0.05) is 29.9 Å². The Hall–Kier alpha value is -4.66. The summed E-state index contributed by atoms with van der Waals surface area (Å²) in [5, 5.41) is 10.9. The Morgan fingerprint density at radius 2 is 1.86 bits per heavy atom. The number of hydrogen-bond acceptors (Lipinski definition) is 4. The first-order valence-corrected chi connectivity index (χ1v) is 10.8. The quantitative estimate of drug-likeness (QED) is 0.391. The molecule has 3 aromatic heterocycles. The maximum atomic E-state index is 13.5. The number of carbonyl (C=O) groups is 1. The molecule has 3 heterocycles. The molecule has 0 radical (unpaired) electrons. The summed E-state index contributed by atoms with van der Waals surface area (Å²) in [6, 6.07) is 17.8. The molecule has 0 saturated heterocycles. The maximum absolute atomic E-state index is 13.5. The van der Waals surface area contributed by atoms with Gasteiger partial charge in [-0.15, -0.1) is 0 Å². The second-order valence-corrected chi connectivity index (χ2v) is 7.96. The molecular weight excluding hydrogens is 452 g/mol. The van der Waals surface area contributed by atoms with E-state index in [1.807, 2.05) is 36.4 Å². The molecule has 0 saturated carbocycles. The Morgan fingerprint density at radius 3 is 2.71 bits per heavy atom.